The summed E-state index contributed by atoms with van der Waals surface area (Å²) in [6.07, 6.45) is 2.51. The molecule has 0 unspecified atom stereocenters. The number of hydrogen-bond acceptors (Lipinski definition) is 6. The summed E-state index contributed by atoms with van der Waals surface area (Å²) in [7, 11) is 1.53. The Balaban J connectivity index is 2.10. The molecule has 0 N–H and O–H groups in total. The van der Waals surface area contributed by atoms with Crippen LogP contribution in [0.1, 0.15) is 50.1 Å². The van der Waals surface area contributed by atoms with Gasteiger partial charge >= 0.3 is 0 Å². The third-order valence-electron chi connectivity index (χ3n) is 3.18. The molecule has 0 saturated carbocycles. The molecule has 2 aromatic rings. The van der Waals surface area contributed by atoms with Gasteiger partial charge in [-0.1, -0.05) is 18.5 Å². The van der Waals surface area contributed by atoms with Crippen molar-refractivity contribution in [2.75, 3.05) is 7.11 Å². The zero-order valence-corrected chi connectivity index (χ0v) is 13.0. The average Bonchev–Trinajstić information content (AvgIpc) is 3.02. The van der Waals surface area contributed by atoms with Crippen LogP contribution in [0.25, 0.3) is 0 Å². The number of nitriles is 1. The van der Waals surface area contributed by atoms with Crippen molar-refractivity contribution in [3.05, 3.63) is 35.5 Å². The first-order chi connectivity index (χ1) is 10.7. The Morgan fingerprint density at radius 3 is 2.86 bits per heavy atom. The summed E-state index contributed by atoms with van der Waals surface area (Å²) in [5, 5.41) is 12.8. The number of nitrogens with zero attached hydrogens (tertiary/aromatic N) is 3. The van der Waals surface area contributed by atoms with Gasteiger partial charge in [-0.25, -0.2) is 0 Å². The predicted octanol–water partition coefficient (Wildman–Crippen LogP) is 3.43. The maximum absolute atomic E-state index is 8.90. The molecule has 1 heterocycles. The van der Waals surface area contributed by atoms with E-state index >= 15 is 0 Å². The van der Waals surface area contributed by atoms with E-state index < -0.39 is 6.10 Å². The minimum atomic E-state index is -0.398. The van der Waals surface area contributed by atoms with Gasteiger partial charge in [0, 0.05) is 12.5 Å². The van der Waals surface area contributed by atoms with Gasteiger partial charge in [-0.05, 0) is 25.5 Å². The standard InChI is InChI=1S/C16H19N3O3/c1-4-5-6-15-18-16(22-19-15)11(2)21-13-8-7-12(10-17)9-14(13)20-3/h7-9,11H,4-6H2,1-3H3/t11-/m1/s1. The molecule has 0 saturated heterocycles. The molecule has 0 spiro atoms. The molecular formula is C16H19N3O3. The lowest BCUT2D eigenvalue weighted by atomic mass is 10.2. The van der Waals surface area contributed by atoms with E-state index in [1.54, 1.807) is 18.2 Å². The minimum Gasteiger partial charge on any atom is -0.493 e. The number of rotatable bonds is 7. The lowest BCUT2D eigenvalue weighted by Gasteiger charge is -2.14. The number of aryl methyl sites for hydroxylation is 1. The van der Waals surface area contributed by atoms with E-state index in [9.17, 15) is 0 Å². The zero-order chi connectivity index (χ0) is 15.9. The summed E-state index contributed by atoms with van der Waals surface area (Å²) in [6.45, 7) is 3.94. The van der Waals surface area contributed by atoms with Crippen LogP contribution >= 0.6 is 0 Å². The Morgan fingerprint density at radius 1 is 1.36 bits per heavy atom. The quantitative estimate of drug-likeness (QED) is 0.779. The van der Waals surface area contributed by atoms with Crippen molar-refractivity contribution in [2.24, 2.45) is 0 Å². The third kappa shape index (κ3) is 3.76. The van der Waals surface area contributed by atoms with Gasteiger partial charge in [-0.15, -0.1) is 0 Å². The highest BCUT2D eigenvalue weighted by Gasteiger charge is 2.18. The second kappa shape index (κ2) is 7.46. The molecule has 0 aliphatic carbocycles. The van der Waals surface area contributed by atoms with E-state index in [1.165, 1.54) is 7.11 Å². The van der Waals surface area contributed by atoms with E-state index in [4.69, 9.17) is 19.3 Å². The molecule has 0 aliphatic heterocycles. The van der Waals surface area contributed by atoms with Gasteiger partial charge in [0.05, 0.1) is 18.7 Å². The molecule has 0 fully saturated rings. The predicted molar refractivity (Wildman–Crippen MR) is 79.7 cm³/mol. The maximum atomic E-state index is 8.90. The molecule has 0 bridgehead atoms. The van der Waals surface area contributed by atoms with Crippen LogP contribution in [0.15, 0.2) is 22.7 Å². The Hall–Kier alpha value is -2.55. The molecule has 0 amide bonds. The Morgan fingerprint density at radius 2 is 2.18 bits per heavy atom. The number of aromatic nitrogens is 2. The smallest absolute Gasteiger partial charge is 0.267 e. The van der Waals surface area contributed by atoms with Gasteiger partial charge in [-0.3, -0.25) is 0 Å². The van der Waals surface area contributed by atoms with Crippen molar-refractivity contribution in [1.29, 1.82) is 5.26 Å². The summed E-state index contributed by atoms with van der Waals surface area (Å²) in [4.78, 5) is 4.34. The first-order valence-electron chi connectivity index (χ1n) is 7.25. The van der Waals surface area contributed by atoms with Crippen molar-refractivity contribution >= 4 is 0 Å². The van der Waals surface area contributed by atoms with Crippen molar-refractivity contribution < 1.29 is 14.0 Å². The van der Waals surface area contributed by atoms with Crippen LogP contribution in [-0.4, -0.2) is 17.3 Å². The Labute approximate surface area is 129 Å². The normalized spacial score (nSPS) is 11.7. The Bertz CT molecular complexity index is 661. The average molecular weight is 301 g/mol. The van der Waals surface area contributed by atoms with Crippen LogP contribution in [0, 0.1) is 11.3 Å². The van der Waals surface area contributed by atoms with Gasteiger partial charge in [0.2, 0.25) is 0 Å². The van der Waals surface area contributed by atoms with Crippen LogP contribution in [0.5, 0.6) is 11.5 Å². The van der Waals surface area contributed by atoms with E-state index in [-0.39, 0.29) is 0 Å². The van der Waals surface area contributed by atoms with Crippen molar-refractivity contribution in [3.63, 3.8) is 0 Å². The molecule has 116 valence electrons. The molecular weight excluding hydrogens is 282 g/mol. The van der Waals surface area contributed by atoms with Gasteiger partial charge in [-0.2, -0.15) is 10.2 Å². The van der Waals surface area contributed by atoms with Crippen molar-refractivity contribution in [1.82, 2.24) is 10.1 Å². The molecule has 22 heavy (non-hydrogen) atoms. The summed E-state index contributed by atoms with van der Waals surface area (Å²) >= 11 is 0. The molecule has 6 nitrogen and oxygen atoms in total. The van der Waals surface area contributed by atoms with Crippen LogP contribution in [0.2, 0.25) is 0 Å². The molecule has 1 aromatic carbocycles. The first kappa shape index (κ1) is 15.8. The van der Waals surface area contributed by atoms with Gasteiger partial charge < -0.3 is 14.0 Å². The van der Waals surface area contributed by atoms with Crippen molar-refractivity contribution in [3.8, 4) is 17.6 Å². The van der Waals surface area contributed by atoms with Crippen molar-refractivity contribution in [2.45, 2.75) is 39.2 Å². The number of unbranched alkanes of at least 4 members (excludes halogenated alkanes) is 1. The summed E-state index contributed by atoms with van der Waals surface area (Å²) in [5.41, 5.74) is 0.511. The fraction of sp³-hybridized carbons (Fsp3) is 0.438. The number of ether oxygens (including phenoxy) is 2. The minimum absolute atomic E-state index is 0.398. The van der Waals surface area contributed by atoms with Crippen LogP contribution in [0.4, 0.5) is 0 Å². The molecule has 1 aromatic heterocycles. The van der Waals surface area contributed by atoms with Gasteiger partial charge in [0.15, 0.2) is 23.4 Å². The number of hydrogen-bond donors (Lipinski definition) is 0. The first-order valence-corrected chi connectivity index (χ1v) is 7.25. The molecule has 0 aliphatic rings. The van der Waals surface area contributed by atoms with Crippen LogP contribution in [-0.2, 0) is 6.42 Å². The zero-order valence-electron chi connectivity index (χ0n) is 13.0. The molecule has 2 rings (SSSR count). The molecule has 6 heteroatoms. The second-order valence-corrected chi connectivity index (χ2v) is 4.89. The lowest BCUT2D eigenvalue weighted by Crippen LogP contribution is -2.05. The fourth-order valence-electron chi connectivity index (χ4n) is 1.94. The maximum Gasteiger partial charge on any atom is 0.267 e. The van der Waals surface area contributed by atoms with Gasteiger partial charge in [0.1, 0.15) is 0 Å². The van der Waals surface area contributed by atoms with E-state index in [2.05, 4.69) is 23.1 Å². The number of benzene rings is 1. The fourth-order valence-corrected chi connectivity index (χ4v) is 1.94. The highest BCUT2D eigenvalue weighted by atomic mass is 16.5. The monoisotopic (exact) mass is 301 g/mol. The third-order valence-corrected chi connectivity index (χ3v) is 3.18. The Kier molecular flexibility index (Phi) is 5.37. The SMILES string of the molecule is CCCCc1noc([C@@H](C)Oc2ccc(C#N)cc2OC)n1. The summed E-state index contributed by atoms with van der Waals surface area (Å²) < 4.78 is 16.3. The highest BCUT2D eigenvalue weighted by molar-refractivity contribution is 5.46. The lowest BCUT2D eigenvalue weighted by molar-refractivity contribution is 0.169. The topological polar surface area (TPSA) is 81.2 Å². The van der Waals surface area contributed by atoms with Gasteiger partial charge in [0.25, 0.3) is 5.89 Å². The van der Waals surface area contributed by atoms with Crippen LogP contribution in [0.3, 0.4) is 0 Å². The largest absolute Gasteiger partial charge is 0.493 e. The second-order valence-electron chi connectivity index (χ2n) is 4.89. The number of methoxy groups -OCH3 is 1. The van der Waals surface area contributed by atoms with E-state index in [1.807, 2.05) is 6.92 Å². The highest BCUT2D eigenvalue weighted by Crippen LogP contribution is 2.31. The molecule has 0 radical (unpaired) electrons. The van der Waals surface area contributed by atoms with E-state index in [0.717, 1.165) is 19.3 Å². The molecule has 1 atom stereocenters. The van der Waals surface area contributed by atoms with Crippen LogP contribution < -0.4 is 9.47 Å². The summed E-state index contributed by atoms with van der Waals surface area (Å²) in [6, 6.07) is 7.06. The van der Waals surface area contributed by atoms with E-state index in [0.29, 0.717) is 28.8 Å². The summed E-state index contributed by atoms with van der Waals surface area (Å²) in [5.74, 6) is 2.15.